The van der Waals surface area contributed by atoms with Gasteiger partial charge in [0, 0.05) is 38.1 Å². The standard InChI is InChI=1S/C15H21N3O2S.ClH/c1-17(10-14(19)18-7-5-16-6-8-18)15(20)13-9-11-3-2-4-12(11)21-13;/h9,16H,2-8,10H2,1H3;1H. The summed E-state index contributed by atoms with van der Waals surface area (Å²) in [6.45, 7) is 3.30. The zero-order valence-electron chi connectivity index (χ0n) is 12.8. The number of thiophene rings is 1. The van der Waals surface area contributed by atoms with E-state index in [9.17, 15) is 9.59 Å². The molecule has 0 aromatic carbocycles. The van der Waals surface area contributed by atoms with Crippen LogP contribution >= 0.6 is 23.7 Å². The van der Waals surface area contributed by atoms with Gasteiger partial charge in [0.1, 0.15) is 0 Å². The first-order valence-electron chi connectivity index (χ1n) is 7.50. The third kappa shape index (κ3) is 3.62. The monoisotopic (exact) mass is 343 g/mol. The molecule has 1 fully saturated rings. The molecule has 0 radical (unpaired) electrons. The number of nitrogens with one attached hydrogen (secondary N) is 1. The normalized spacial score (nSPS) is 16.9. The lowest BCUT2D eigenvalue weighted by Gasteiger charge is -2.29. The van der Waals surface area contributed by atoms with Crippen LogP contribution in [0.4, 0.5) is 0 Å². The highest BCUT2D eigenvalue weighted by Gasteiger charge is 2.23. The lowest BCUT2D eigenvalue weighted by Crippen LogP contribution is -2.49. The number of rotatable bonds is 3. The van der Waals surface area contributed by atoms with Crippen molar-refractivity contribution in [2.45, 2.75) is 19.3 Å². The highest BCUT2D eigenvalue weighted by atomic mass is 35.5. The quantitative estimate of drug-likeness (QED) is 0.896. The molecule has 0 saturated carbocycles. The molecule has 0 atom stereocenters. The summed E-state index contributed by atoms with van der Waals surface area (Å²) in [5.74, 6) is 0.00864. The van der Waals surface area contributed by atoms with Gasteiger partial charge in [0.25, 0.3) is 5.91 Å². The van der Waals surface area contributed by atoms with E-state index in [1.807, 2.05) is 11.0 Å². The number of carbonyl (C=O) groups is 2. The molecule has 3 rings (SSSR count). The Kier molecular flexibility index (Phi) is 5.83. The Hall–Kier alpha value is -1.11. The summed E-state index contributed by atoms with van der Waals surface area (Å²) in [7, 11) is 1.72. The van der Waals surface area contributed by atoms with Gasteiger partial charge in [-0.2, -0.15) is 0 Å². The van der Waals surface area contributed by atoms with E-state index in [1.54, 1.807) is 23.3 Å². The van der Waals surface area contributed by atoms with Crippen molar-refractivity contribution in [3.8, 4) is 0 Å². The average molecular weight is 344 g/mol. The molecule has 1 aliphatic heterocycles. The summed E-state index contributed by atoms with van der Waals surface area (Å²) >= 11 is 1.59. The third-order valence-electron chi connectivity index (χ3n) is 4.15. The van der Waals surface area contributed by atoms with Crippen molar-refractivity contribution in [3.63, 3.8) is 0 Å². The fourth-order valence-electron chi connectivity index (χ4n) is 2.91. The molecule has 1 saturated heterocycles. The van der Waals surface area contributed by atoms with E-state index >= 15 is 0 Å². The van der Waals surface area contributed by atoms with Crippen molar-refractivity contribution in [2.75, 3.05) is 39.8 Å². The molecule has 122 valence electrons. The Morgan fingerprint density at radius 1 is 1.32 bits per heavy atom. The molecule has 1 aromatic rings. The highest BCUT2D eigenvalue weighted by molar-refractivity contribution is 7.14. The van der Waals surface area contributed by atoms with Crippen LogP contribution in [0.25, 0.3) is 0 Å². The van der Waals surface area contributed by atoms with Gasteiger partial charge < -0.3 is 15.1 Å². The number of fused-ring (bicyclic) bond motifs is 1. The van der Waals surface area contributed by atoms with E-state index in [1.165, 1.54) is 16.9 Å². The molecule has 2 heterocycles. The van der Waals surface area contributed by atoms with Crippen LogP contribution in [0.2, 0.25) is 0 Å². The van der Waals surface area contributed by atoms with Gasteiger partial charge in [-0.25, -0.2) is 0 Å². The second kappa shape index (κ2) is 7.44. The van der Waals surface area contributed by atoms with Gasteiger partial charge in [0.05, 0.1) is 11.4 Å². The second-order valence-corrected chi connectivity index (χ2v) is 6.84. The van der Waals surface area contributed by atoms with Crippen LogP contribution in [0, 0.1) is 0 Å². The van der Waals surface area contributed by atoms with Crippen molar-refractivity contribution in [1.29, 1.82) is 0 Å². The van der Waals surface area contributed by atoms with Crippen molar-refractivity contribution in [1.82, 2.24) is 15.1 Å². The number of amides is 2. The summed E-state index contributed by atoms with van der Waals surface area (Å²) in [6, 6.07) is 2.02. The number of carbonyl (C=O) groups excluding carboxylic acids is 2. The Labute approximate surface area is 141 Å². The molecule has 1 aromatic heterocycles. The molecular weight excluding hydrogens is 322 g/mol. The van der Waals surface area contributed by atoms with Crippen molar-refractivity contribution >= 4 is 35.6 Å². The predicted octanol–water partition coefficient (Wildman–Crippen LogP) is 1.16. The molecule has 0 spiro atoms. The molecule has 22 heavy (non-hydrogen) atoms. The van der Waals surface area contributed by atoms with E-state index in [2.05, 4.69) is 5.32 Å². The third-order valence-corrected chi connectivity index (χ3v) is 5.37. The summed E-state index contributed by atoms with van der Waals surface area (Å²) in [4.78, 5) is 30.1. The fraction of sp³-hybridized carbons (Fsp3) is 0.600. The molecule has 0 bridgehead atoms. The highest BCUT2D eigenvalue weighted by Crippen LogP contribution is 2.31. The Bertz CT molecular complexity index is 533. The van der Waals surface area contributed by atoms with Crippen LogP contribution in [0.15, 0.2) is 6.07 Å². The van der Waals surface area contributed by atoms with Gasteiger partial charge in [-0.15, -0.1) is 23.7 Å². The largest absolute Gasteiger partial charge is 0.339 e. The second-order valence-electron chi connectivity index (χ2n) is 5.70. The van der Waals surface area contributed by atoms with E-state index in [4.69, 9.17) is 0 Å². The van der Waals surface area contributed by atoms with Crippen LogP contribution in [-0.4, -0.2) is 61.4 Å². The molecule has 1 aliphatic carbocycles. The van der Waals surface area contributed by atoms with Crippen LogP contribution in [0.5, 0.6) is 0 Å². The van der Waals surface area contributed by atoms with Gasteiger partial charge in [-0.1, -0.05) is 0 Å². The van der Waals surface area contributed by atoms with Crippen molar-refractivity contribution in [2.24, 2.45) is 0 Å². The summed E-state index contributed by atoms with van der Waals surface area (Å²) in [5, 5.41) is 3.22. The lowest BCUT2D eigenvalue weighted by molar-refractivity contribution is -0.132. The SMILES string of the molecule is CN(CC(=O)N1CCNCC1)C(=O)c1cc2c(s1)CCC2.Cl. The minimum atomic E-state index is -0.0297. The molecule has 2 amide bonds. The first-order chi connectivity index (χ1) is 10.1. The Morgan fingerprint density at radius 3 is 2.73 bits per heavy atom. The summed E-state index contributed by atoms with van der Waals surface area (Å²) < 4.78 is 0. The number of hydrogen-bond donors (Lipinski definition) is 1. The lowest BCUT2D eigenvalue weighted by atomic mass is 10.2. The molecule has 1 N–H and O–H groups in total. The van der Waals surface area contributed by atoms with Crippen LogP contribution in [0.3, 0.4) is 0 Å². The van der Waals surface area contributed by atoms with Crippen molar-refractivity contribution < 1.29 is 9.59 Å². The number of hydrogen-bond acceptors (Lipinski definition) is 4. The Balaban J connectivity index is 0.00000176. The molecule has 5 nitrogen and oxygen atoms in total. The zero-order chi connectivity index (χ0) is 14.8. The molecular formula is C15H22ClN3O2S. The summed E-state index contributed by atoms with van der Waals surface area (Å²) in [5.41, 5.74) is 1.32. The predicted molar refractivity (Wildman–Crippen MR) is 90.0 cm³/mol. The zero-order valence-corrected chi connectivity index (χ0v) is 14.4. The first-order valence-corrected chi connectivity index (χ1v) is 8.32. The maximum Gasteiger partial charge on any atom is 0.264 e. The minimum absolute atomic E-state index is 0. The van der Waals surface area contributed by atoms with E-state index < -0.39 is 0 Å². The fourth-order valence-corrected chi connectivity index (χ4v) is 4.16. The maximum atomic E-state index is 12.4. The minimum Gasteiger partial charge on any atom is -0.339 e. The molecule has 2 aliphatic rings. The topological polar surface area (TPSA) is 52.7 Å². The van der Waals surface area contributed by atoms with E-state index in [0.717, 1.165) is 43.9 Å². The average Bonchev–Trinajstić information content (AvgIpc) is 3.08. The number of nitrogens with zero attached hydrogens (tertiary/aromatic N) is 2. The van der Waals surface area contributed by atoms with Gasteiger partial charge in [-0.05, 0) is 30.9 Å². The van der Waals surface area contributed by atoms with Crippen molar-refractivity contribution in [3.05, 3.63) is 21.4 Å². The molecule has 0 unspecified atom stereocenters. The number of piperazine rings is 1. The smallest absolute Gasteiger partial charge is 0.264 e. The van der Waals surface area contributed by atoms with Gasteiger partial charge in [0.15, 0.2) is 0 Å². The maximum absolute atomic E-state index is 12.4. The van der Waals surface area contributed by atoms with Crippen LogP contribution < -0.4 is 5.32 Å². The first kappa shape index (κ1) is 17.2. The Morgan fingerprint density at radius 2 is 2.05 bits per heavy atom. The van der Waals surface area contributed by atoms with E-state index in [-0.39, 0.29) is 30.8 Å². The number of halogens is 1. The van der Waals surface area contributed by atoms with E-state index in [0.29, 0.717) is 0 Å². The number of likely N-dealkylation sites (N-methyl/N-ethyl adjacent to an activating group) is 1. The van der Waals surface area contributed by atoms with Gasteiger partial charge in [-0.3, -0.25) is 9.59 Å². The van der Waals surface area contributed by atoms with Gasteiger partial charge >= 0.3 is 0 Å². The van der Waals surface area contributed by atoms with Gasteiger partial charge in [0.2, 0.25) is 5.91 Å². The molecule has 7 heteroatoms. The van der Waals surface area contributed by atoms with Crippen LogP contribution in [-0.2, 0) is 17.6 Å². The van der Waals surface area contributed by atoms with Crippen LogP contribution in [0.1, 0.15) is 26.5 Å². The number of aryl methyl sites for hydroxylation is 2. The summed E-state index contributed by atoms with van der Waals surface area (Å²) in [6.07, 6.45) is 3.38.